The van der Waals surface area contributed by atoms with Crippen molar-refractivity contribution in [1.82, 2.24) is 0 Å². The molecule has 0 spiro atoms. The first-order chi connectivity index (χ1) is 8.92. The van der Waals surface area contributed by atoms with Gasteiger partial charge in [0.2, 0.25) is 0 Å². The van der Waals surface area contributed by atoms with Gasteiger partial charge >= 0.3 is 0 Å². The van der Waals surface area contributed by atoms with Crippen molar-refractivity contribution in [2.75, 3.05) is 5.32 Å². The van der Waals surface area contributed by atoms with Crippen molar-refractivity contribution in [2.45, 2.75) is 18.9 Å². The highest BCUT2D eigenvalue weighted by Crippen LogP contribution is 2.34. The van der Waals surface area contributed by atoms with Crippen molar-refractivity contribution in [2.24, 2.45) is 0 Å². The molecule has 3 aromatic carbocycles. The third-order valence-electron chi connectivity index (χ3n) is 3.71. The molecule has 18 heavy (non-hydrogen) atoms. The first-order valence-electron chi connectivity index (χ1n) is 6.59. The van der Waals surface area contributed by atoms with Crippen LogP contribution < -0.4 is 5.32 Å². The molecule has 3 aromatic rings. The molecule has 88 valence electrons. The smallest absolute Gasteiger partial charge is 0.0428 e. The van der Waals surface area contributed by atoms with Gasteiger partial charge < -0.3 is 5.32 Å². The molecule has 1 nitrogen and oxygen atoms in total. The molecule has 0 saturated heterocycles. The molecule has 1 heteroatoms. The molecule has 0 aliphatic heterocycles. The number of hydrogen-bond acceptors (Lipinski definition) is 1. The number of rotatable bonds is 2. The second-order valence-corrected chi connectivity index (χ2v) is 5.11. The van der Waals surface area contributed by atoms with Gasteiger partial charge in [-0.25, -0.2) is 0 Å². The molecule has 1 fully saturated rings. The molecule has 1 aliphatic rings. The molecule has 0 bridgehead atoms. The topological polar surface area (TPSA) is 12.0 Å². The van der Waals surface area contributed by atoms with Crippen LogP contribution in [0.25, 0.3) is 21.5 Å². The van der Waals surface area contributed by atoms with Crippen LogP contribution in [0.5, 0.6) is 0 Å². The maximum atomic E-state index is 3.65. The van der Waals surface area contributed by atoms with E-state index in [4.69, 9.17) is 0 Å². The second-order valence-electron chi connectivity index (χ2n) is 5.11. The average Bonchev–Trinajstić information content (AvgIpc) is 3.23. The van der Waals surface area contributed by atoms with Crippen LogP contribution in [0.15, 0.2) is 54.6 Å². The summed E-state index contributed by atoms with van der Waals surface area (Å²) in [6.45, 7) is 0. The van der Waals surface area contributed by atoms with Crippen molar-refractivity contribution in [3.05, 3.63) is 54.6 Å². The van der Waals surface area contributed by atoms with E-state index in [1.165, 1.54) is 40.1 Å². The van der Waals surface area contributed by atoms with Crippen molar-refractivity contribution in [3.63, 3.8) is 0 Å². The van der Waals surface area contributed by atoms with E-state index in [-0.39, 0.29) is 0 Å². The fourth-order valence-corrected chi connectivity index (χ4v) is 2.62. The van der Waals surface area contributed by atoms with Crippen LogP contribution in [0.3, 0.4) is 0 Å². The van der Waals surface area contributed by atoms with Gasteiger partial charge in [-0.2, -0.15) is 0 Å². The van der Waals surface area contributed by atoms with Crippen LogP contribution >= 0.6 is 0 Å². The Labute approximate surface area is 106 Å². The first-order valence-corrected chi connectivity index (χ1v) is 6.59. The minimum atomic E-state index is 0.689. The molecule has 1 N–H and O–H groups in total. The van der Waals surface area contributed by atoms with E-state index in [1.54, 1.807) is 0 Å². The lowest BCUT2D eigenvalue weighted by Crippen LogP contribution is -2.01. The van der Waals surface area contributed by atoms with Crippen LogP contribution in [-0.4, -0.2) is 6.04 Å². The van der Waals surface area contributed by atoms with Gasteiger partial charge in [0, 0.05) is 17.1 Å². The Morgan fingerprint density at radius 2 is 1.44 bits per heavy atom. The number of hydrogen-bond donors (Lipinski definition) is 1. The Kier molecular flexibility index (Phi) is 2.07. The van der Waals surface area contributed by atoms with Crippen LogP contribution in [-0.2, 0) is 0 Å². The number of anilines is 1. The van der Waals surface area contributed by atoms with Crippen LogP contribution in [0.2, 0.25) is 0 Å². The highest BCUT2D eigenvalue weighted by molar-refractivity contribution is 6.12. The lowest BCUT2D eigenvalue weighted by molar-refractivity contribution is 1.16. The van der Waals surface area contributed by atoms with Crippen LogP contribution in [0.1, 0.15) is 12.8 Å². The average molecular weight is 233 g/mol. The molecule has 0 aromatic heterocycles. The Hall–Kier alpha value is -2.02. The molecule has 1 saturated carbocycles. The lowest BCUT2D eigenvalue weighted by Gasteiger charge is -2.12. The van der Waals surface area contributed by atoms with Gasteiger partial charge in [-0.3, -0.25) is 0 Å². The Balaban J connectivity index is 2.07. The van der Waals surface area contributed by atoms with Gasteiger partial charge in [-0.1, -0.05) is 48.5 Å². The second kappa shape index (κ2) is 3.74. The molecular formula is C17H15N. The standard InChI is InChI=1S/C17H15N/c1-2-6-14-12(5-1)11-17(18-13-9-10-13)16-8-4-3-7-15(14)16/h1-8,11,13,18H,9-10H2. The highest BCUT2D eigenvalue weighted by Gasteiger charge is 2.21. The predicted octanol–water partition coefficient (Wildman–Crippen LogP) is 4.57. The Morgan fingerprint density at radius 1 is 0.778 bits per heavy atom. The Morgan fingerprint density at radius 3 is 2.22 bits per heavy atom. The lowest BCUT2D eigenvalue weighted by atomic mass is 10.0. The van der Waals surface area contributed by atoms with E-state index in [0.29, 0.717) is 6.04 Å². The maximum Gasteiger partial charge on any atom is 0.0428 e. The fraction of sp³-hybridized carbons (Fsp3) is 0.176. The number of benzene rings is 3. The number of nitrogens with one attached hydrogen (secondary N) is 1. The first kappa shape index (κ1) is 9.95. The summed E-state index contributed by atoms with van der Waals surface area (Å²) in [6.07, 6.45) is 2.61. The minimum absolute atomic E-state index is 0.689. The van der Waals surface area contributed by atoms with Crippen LogP contribution in [0, 0.1) is 0 Å². The van der Waals surface area contributed by atoms with Gasteiger partial charge in [-0.05, 0) is 35.1 Å². The summed E-state index contributed by atoms with van der Waals surface area (Å²) in [5, 5.41) is 8.99. The molecule has 0 unspecified atom stereocenters. The summed E-state index contributed by atoms with van der Waals surface area (Å²) in [7, 11) is 0. The molecular weight excluding hydrogens is 218 g/mol. The maximum absolute atomic E-state index is 3.65. The summed E-state index contributed by atoms with van der Waals surface area (Å²) in [5.74, 6) is 0. The zero-order valence-corrected chi connectivity index (χ0v) is 10.2. The van der Waals surface area contributed by atoms with Crippen LogP contribution in [0.4, 0.5) is 5.69 Å². The van der Waals surface area contributed by atoms with E-state index < -0.39 is 0 Å². The van der Waals surface area contributed by atoms with Gasteiger partial charge in [0.05, 0.1) is 0 Å². The summed E-state index contributed by atoms with van der Waals surface area (Å²) in [5.41, 5.74) is 1.28. The third kappa shape index (κ3) is 1.55. The summed E-state index contributed by atoms with van der Waals surface area (Å²) < 4.78 is 0. The van der Waals surface area contributed by atoms with Crippen molar-refractivity contribution in [3.8, 4) is 0 Å². The summed E-state index contributed by atoms with van der Waals surface area (Å²) >= 11 is 0. The third-order valence-corrected chi connectivity index (χ3v) is 3.71. The largest absolute Gasteiger partial charge is 0.382 e. The van der Waals surface area contributed by atoms with Gasteiger partial charge in [-0.15, -0.1) is 0 Å². The van der Waals surface area contributed by atoms with Gasteiger partial charge in [0.1, 0.15) is 0 Å². The predicted molar refractivity (Wildman–Crippen MR) is 78.1 cm³/mol. The van der Waals surface area contributed by atoms with E-state index in [2.05, 4.69) is 59.9 Å². The SMILES string of the molecule is c1ccc2c(c1)cc(NC1CC1)c1ccccc12. The van der Waals surface area contributed by atoms with Gasteiger partial charge in [0.15, 0.2) is 0 Å². The molecule has 0 amide bonds. The number of fused-ring (bicyclic) bond motifs is 3. The summed E-state index contributed by atoms with van der Waals surface area (Å²) in [4.78, 5) is 0. The zero-order valence-electron chi connectivity index (χ0n) is 10.2. The molecule has 0 radical (unpaired) electrons. The van der Waals surface area contributed by atoms with Crippen molar-refractivity contribution in [1.29, 1.82) is 0 Å². The van der Waals surface area contributed by atoms with Crippen molar-refractivity contribution < 1.29 is 0 Å². The van der Waals surface area contributed by atoms with E-state index in [1.807, 2.05) is 0 Å². The molecule has 4 rings (SSSR count). The van der Waals surface area contributed by atoms with E-state index in [9.17, 15) is 0 Å². The molecule has 0 heterocycles. The normalized spacial score (nSPS) is 15.1. The minimum Gasteiger partial charge on any atom is -0.382 e. The zero-order chi connectivity index (χ0) is 11.9. The summed E-state index contributed by atoms with van der Waals surface area (Å²) in [6, 6.07) is 20.3. The van der Waals surface area contributed by atoms with Crippen molar-refractivity contribution >= 4 is 27.2 Å². The fourth-order valence-electron chi connectivity index (χ4n) is 2.62. The quantitative estimate of drug-likeness (QED) is 0.639. The van der Waals surface area contributed by atoms with Gasteiger partial charge in [0.25, 0.3) is 0 Å². The Bertz CT molecular complexity index is 726. The molecule has 0 atom stereocenters. The highest BCUT2D eigenvalue weighted by atomic mass is 15.0. The van der Waals surface area contributed by atoms with E-state index >= 15 is 0 Å². The van der Waals surface area contributed by atoms with E-state index in [0.717, 1.165) is 0 Å². The molecule has 1 aliphatic carbocycles. The monoisotopic (exact) mass is 233 g/mol.